The molecule has 0 fully saturated rings. The number of aryl methyl sites for hydroxylation is 1. The van der Waals surface area contributed by atoms with E-state index in [-0.39, 0.29) is 17.0 Å². The number of carbonyl (C=O) groups is 1. The van der Waals surface area contributed by atoms with Crippen LogP contribution in [0.25, 0.3) is 10.9 Å². The number of sulfonamides is 1. The molecule has 33 heavy (non-hydrogen) atoms. The number of carbonyl (C=O) groups excluding carboxylic acids is 1. The van der Waals surface area contributed by atoms with Gasteiger partial charge in [-0.3, -0.25) is 9.59 Å². The van der Waals surface area contributed by atoms with E-state index in [4.69, 9.17) is 0 Å². The molecule has 0 bridgehead atoms. The second-order valence-electron chi connectivity index (χ2n) is 8.02. The molecule has 0 radical (unpaired) electrons. The summed E-state index contributed by atoms with van der Waals surface area (Å²) in [6.45, 7) is 5.18. The number of nitrogens with one attached hydrogen (secondary N) is 2. The van der Waals surface area contributed by atoms with E-state index in [1.54, 1.807) is 13.8 Å². The van der Waals surface area contributed by atoms with Gasteiger partial charge >= 0.3 is 0 Å². The maximum atomic E-state index is 13.1. The Morgan fingerprint density at radius 3 is 2.70 bits per heavy atom. The van der Waals surface area contributed by atoms with Gasteiger partial charge in [-0.1, -0.05) is 20.3 Å². The summed E-state index contributed by atoms with van der Waals surface area (Å²) in [4.78, 5) is 28.0. The van der Waals surface area contributed by atoms with Crippen LogP contribution in [0.5, 0.6) is 0 Å². The van der Waals surface area contributed by atoms with Crippen LogP contribution in [0, 0.1) is 0 Å². The number of fused-ring (bicyclic) bond motifs is 2. The number of rotatable bonds is 7. The van der Waals surface area contributed by atoms with Crippen molar-refractivity contribution in [2.45, 2.75) is 57.5 Å². The Morgan fingerprint density at radius 1 is 1.15 bits per heavy atom. The molecule has 11 heteroatoms. The second-order valence-corrected chi connectivity index (χ2v) is 9.96. The number of nitrogens with zero attached hydrogens (tertiary/aromatic N) is 4. The van der Waals surface area contributed by atoms with Gasteiger partial charge in [0.1, 0.15) is 5.82 Å². The van der Waals surface area contributed by atoms with Gasteiger partial charge in [-0.05, 0) is 31.0 Å². The molecular weight excluding hydrogens is 444 g/mol. The predicted molar refractivity (Wildman–Crippen MR) is 123 cm³/mol. The fraction of sp³-hybridized carbons (Fsp3) is 0.455. The van der Waals surface area contributed by atoms with Gasteiger partial charge in [0, 0.05) is 43.0 Å². The van der Waals surface area contributed by atoms with E-state index in [1.807, 2.05) is 4.57 Å². The topological polar surface area (TPSA) is 130 Å². The van der Waals surface area contributed by atoms with E-state index in [1.165, 1.54) is 28.6 Å². The molecule has 1 aliphatic heterocycles. The van der Waals surface area contributed by atoms with Gasteiger partial charge in [-0.2, -0.15) is 4.31 Å². The predicted octanol–water partition coefficient (Wildman–Crippen LogP) is 1.81. The van der Waals surface area contributed by atoms with E-state index in [0.29, 0.717) is 29.8 Å². The molecule has 10 nitrogen and oxygen atoms in total. The molecule has 0 saturated heterocycles. The minimum Gasteiger partial charge on any atom is -0.345 e. The first-order valence-electron chi connectivity index (χ1n) is 11.2. The smallest absolute Gasteiger partial charge is 0.252 e. The molecule has 4 rings (SSSR count). The first-order chi connectivity index (χ1) is 15.8. The number of hydrogen-bond donors (Lipinski definition) is 2. The lowest BCUT2D eigenvalue weighted by Gasteiger charge is -2.19. The molecule has 1 amide bonds. The molecular formula is C22H28N6O4S. The van der Waals surface area contributed by atoms with E-state index >= 15 is 0 Å². The van der Waals surface area contributed by atoms with Gasteiger partial charge in [0.05, 0.1) is 17.0 Å². The number of aromatic amines is 1. The van der Waals surface area contributed by atoms with Crippen molar-refractivity contribution in [3.8, 4) is 0 Å². The number of H-pyrrole nitrogens is 1. The SMILES string of the molecule is CCN(CC)S(=O)(=O)c1ccc2[nH]c(=O)cc(C(=O)NCc3nnc4n3CCCCC4)c2c1. The maximum Gasteiger partial charge on any atom is 0.252 e. The number of benzene rings is 1. The Kier molecular flexibility index (Phi) is 6.61. The third-order valence-electron chi connectivity index (χ3n) is 6.00. The van der Waals surface area contributed by atoms with Gasteiger partial charge in [0.25, 0.3) is 5.91 Å². The van der Waals surface area contributed by atoms with Crippen molar-refractivity contribution in [3.63, 3.8) is 0 Å². The molecule has 0 atom stereocenters. The first-order valence-corrected chi connectivity index (χ1v) is 12.7. The molecule has 3 aromatic rings. The molecule has 176 valence electrons. The van der Waals surface area contributed by atoms with E-state index in [2.05, 4.69) is 20.5 Å². The Hall–Kier alpha value is -3.05. The monoisotopic (exact) mass is 472 g/mol. The average molecular weight is 473 g/mol. The minimum atomic E-state index is -3.72. The van der Waals surface area contributed by atoms with Crippen LogP contribution in [0.1, 0.15) is 55.1 Å². The van der Waals surface area contributed by atoms with Crippen molar-refractivity contribution < 1.29 is 13.2 Å². The fourth-order valence-corrected chi connectivity index (χ4v) is 5.71. The van der Waals surface area contributed by atoms with Crippen LogP contribution in [-0.4, -0.2) is 51.5 Å². The highest BCUT2D eigenvalue weighted by Gasteiger charge is 2.23. The van der Waals surface area contributed by atoms with Crippen LogP contribution in [0.15, 0.2) is 34.0 Å². The van der Waals surface area contributed by atoms with Crippen molar-refractivity contribution in [2.75, 3.05) is 13.1 Å². The number of pyridine rings is 1. The van der Waals surface area contributed by atoms with Gasteiger partial charge in [0.15, 0.2) is 5.82 Å². The van der Waals surface area contributed by atoms with Crippen molar-refractivity contribution >= 4 is 26.8 Å². The van der Waals surface area contributed by atoms with Gasteiger partial charge in [-0.25, -0.2) is 8.42 Å². The normalized spacial score (nSPS) is 14.3. The summed E-state index contributed by atoms with van der Waals surface area (Å²) < 4.78 is 29.3. The Bertz CT molecular complexity index is 1340. The molecule has 0 aliphatic carbocycles. The number of amides is 1. The highest BCUT2D eigenvalue weighted by atomic mass is 32.2. The largest absolute Gasteiger partial charge is 0.345 e. The Balaban J connectivity index is 1.66. The lowest BCUT2D eigenvalue weighted by Crippen LogP contribution is -2.30. The standard InChI is InChI=1S/C22H28N6O4S/c1-3-27(4-2)33(31,32)15-9-10-18-16(12-15)17(13-21(29)24-18)22(30)23-14-20-26-25-19-8-6-5-7-11-28(19)20/h9-10,12-13H,3-8,11,14H2,1-2H3,(H,23,30)(H,24,29). The Morgan fingerprint density at radius 2 is 1.94 bits per heavy atom. The molecule has 0 unspecified atom stereocenters. The second kappa shape index (κ2) is 9.44. The van der Waals surface area contributed by atoms with Crippen LogP contribution >= 0.6 is 0 Å². The van der Waals surface area contributed by atoms with Crippen LogP contribution in [0.4, 0.5) is 0 Å². The van der Waals surface area contributed by atoms with E-state index < -0.39 is 21.5 Å². The van der Waals surface area contributed by atoms with E-state index in [0.717, 1.165) is 38.1 Å². The molecule has 1 aliphatic rings. The zero-order valence-corrected chi connectivity index (χ0v) is 19.6. The quantitative estimate of drug-likeness (QED) is 0.539. The molecule has 1 aromatic carbocycles. The number of hydrogen-bond acceptors (Lipinski definition) is 6. The highest BCUT2D eigenvalue weighted by Crippen LogP contribution is 2.23. The molecule has 2 aromatic heterocycles. The van der Waals surface area contributed by atoms with Crippen molar-refractivity contribution in [1.82, 2.24) is 29.4 Å². The summed E-state index contributed by atoms with van der Waals surface area (Å²) in [7, 11) is -3.72. The molecule has 2 N–H and O–H groups in total. The third kappa shape index (κ3) is 4.55. The Labute approximate surface area is 192 Å². The van der Waals surface area contributed by atoms with Crippen LogP contribution in [0.3, 0.4) is 0 Å². The van der Waals surface area contributed by atoms with Gasteiger partial charge in [-0.15, -0.1) is 10.2 Å². The van der Waals surface area contributed by atoms with Crippen molar-refractivity contribution in [1.29, 1.82) is 0 Å². The van der Waals surface area contributed by atoms with E-state index in [9.17, 15) is 18.0 Å². The van der Waals surface area contributed by atoms with Gasteiger partial charge < -0.3 is 14.9 Å². The van der Waals surface area contributed by atoms with Crippen LogP contribution < -0.4 is 10.9 Å². The van der Waals surface area contributed by atoms with Gasteiger partial charge in [0.2, 0.25) is 15.6 Å². The van der Waals surface area contributed by atoms with Crippen LogP contribution in [-0.2, 0) is 29.5 Å². The zero-order chi connectivity index (χ0) is 23.6. The summed E-state index contributed by atoms with van der Waals surface area (Å²) in [6.07, 6.45) is 4.10. The average Bonchev–Trinajstić information content (AvgIpc) is 3.02. The summed E-state index contributed by atoms with van der Waals surface area (Å²) in [5.41, 5.74) is 0.0618. The highest BCUT2D eigenvalue weighted by molar-refractivity contribution is 7.89. The summed E-state index contributed by atoms with van der Waals surface area (Å²) >= 11 is 0. The first kappa shape index (κ1) is 23.1. The van der Waals surface area contributed by atoms with Crippen molar-refractivity contribution in [2.24, 2.45) is 0 Å². The molecule has 0 spiro atoms. The number of aromatic nitrogens is 4. The minimum absolute atomic E-state index is 0.0718. The van der Waals surface area contributed by atoms with Crippen LogP contribution in [0.2, 0.25) is 0 Å². The lowest BCUT2D eigenvalue weighted by molar-refractivity contribution is 0.0951. The third-order valence-corrected chi connectivity index (χ3v) is 8.04. The molecule has 3 heterocycles. The summed E-state index contributed by atoms with van der Waals surface area (Å²) in [5.74, 6) is 1.11. The zero-order valence-electron chi connectivity index (χ0n) is 18.8. The molecule has 0 saturated carbocycles. The van der Waals surface area contributed by atoms with Crippen molar-refractivity contribution in [3.05, 3.63) is 51.8 Å². The fourth-order valence-electron chi connectivity index (χ4n) is 4.22. The summed E-state index contributed by atoms with van der Waals surface area (Å²) in [6, 6.07) is 5.59. The summed E-state index contributed by atoms with van der Waals surface area (Å²) in [5, 5.41) is 11.6. The lowest BCUT2D eigenvalue weighted by atomic mass is 10.1. The maximum absolute atomic E-state index is 13.1.